The molecule has 0 aromatic heterocycles. The molecule has 4 aliphatic carbocycles. The Morgan fingerprint density at radius 1 is 1.04 bits per heavy atom. The minimum absolute atomic E-state index is 0.0135. The molecule has 2 unspecified atom stereocenters. The summed E-state index contributed by atoms with van der Waals surface area (Å²) in [5, 5.41) is 22.9. The molecule has 4 rings (SSSR count). The van der Waals surface area contributed by atoms with E-state index in [-0.39, 0.29) is 32.6 Å². The topological polar surface area (TPSA) is 91.7 Å². The van der Waals surface area contributed by atoms with Gasteiger partial charge in [0.25, 0.3) is 0 Å². The lowest BCUT2D eigenvalue weighted by molar-refractivity contribution is 0.00780. The second-order valence-electron chi connectivity index (χ2n) is 7.71. The normalized spacial score (nSPS) is 27.8. The summed E-state index contributed by atoms with van der Waals surface area (Å²) in [5.41, 5.74) is -3.70. The van der Waals surface area contributed by atoms with Gasteiger partial charge in [0.15, 0.2) is 5.43 Å². The smallest absolute Gasteiger partial charge is 0.238 e. The van der Waals surface area contributed by atoms with Crippen molar-refractivity contribution in [3.8, 4) is 0 Å². The average Bonchev–Trinajstić information content (AvgIpc) is 2.84. The largest absolute Gasteiger partial charge is 0.508 e. The molecule has 5 nitrogen and oxygen atoms in total. The van der Waals surface area contributed by atoms with Gasteiger partial charge in [-0.25, -0.2) is 0 Å². The van der Waals surface area contributed by atoms with Crippen LogP contribution >= 0.6 is 0 Å². The molecule has 124 valence electrons. The summed E-state index contributed by atoms with van der Waals surface area (Å²) >= 11 is 0. The first-order valence-corrected chi connectivity index (χ1v) is 8.01. The van der Waals surface area contributed by atoms with Gasteiger partial charge < -0.3 is 10.2 Å². The highest BCUT2D eigenvalue weighted by molar-refractivity contribution is 5.77. The first-order valence-electron chi connectivity index (χ1n) is 8.01. The van der Waals surface area contributed by atoms with Crippen molar-refractivity contribution in [3.05, 3.63) is 63.2 Å². The highest BCUT2D eigenvalue weighted by Crippen LogP contribution is 2.56. The van der Waals surface area contributed by atoms with E-state index in [9.17, 15) is 24.6 Å². The predicted octanol–water partition coefficient (Wildman–Crippen LogP) is -0.696. The summed E-state index contributed by atoms with van der Waals surface area (Å²) in [6, 6.07) is 1.25. The van der Waals surface area contributed by atoms with Crippen LogP contribution in [0.15, 0.2) is 20.4 Å². The van der Waals surface area contributed by atoms with Crippen LogP contribution in [0.5, 0.6) is 0 Å². The second kappa shape index (κ2) is 4.03. The van der Waals surface area contributed by atoms with E-state index in [0.717, 1.165) is 0 Å². The Labute approximate surface area is 136 Å². The van der Waals surface area contributed by atoms with E-state index in [0.29, 0.717) is 17.6 Å². The lowest BCUT2D eigenvalue weighted by atomic mass is 9.69. The van der Waals surface area contributed by atoms with Gasteiger partial charge in [0, 0.05) is 21.1 Å². The Hall–Kier alpha value is -2.27. The van der Waals surface area contributed by atoms with Crippen molar-refractivity contribution >= 4 is 11.3 Å². The zero-order valence-corrected chi connectivity index (χ0v) is 14.0. The lowest BCUT2D eigenvalue weighted by Crippen LogP contribution is -2.52. The van der Waals surface area contributed by atoms with Crippen LogP contribution in [-0.2, 0) is 0 Å². The summed E-state index contributed by atoms with van der Waals surface area (Å²) in [5.74, 6) is -0.271. The number of fused-ring (bicyclic) bond motifs is 1. The highest BCUT2D eigenvalue weighted by atomic mass is 16.3. The fourth-order valence-corrected chi connectivity index (χ4v) is 4.56. The maximum Gasteiger partial charge on any atom is 0.238 e. The Morgan fingerprint density at radius 3 is 2.25 bits per heavy atom. The van der Waals surface area contributed by atoms with Crippen molar-refractivity contribution in [1.29, 1.82) is 0 Å². The van der Waals surface area contributed by atoms with E-state index in [4.69, 9.17) is 0 Å². The number of rotatable bonds is 0. The minimum Gasteiger partial charge on any atom is -0.508 e. The van der Waals surface area contributed by atoms with Crippen molar-refractivity contribution in [1.82, 2.24) is 0 Å². The molecule has 4 aliphatic rings. The molecule has 0 spiro atoms. The molecule has 0 heterocycles. The molecule has 2 N–H and O–H groups in total. The molecule has 1 saturated carbocycles. The zero-order chi connectivity index (χ0) is 17.8. The van der Waals surface area contributed by atoms with Crippen molar-refractivity contribution in [2.45, 2.75) is 39.7 Å². The standard InChI is InChI=1S/C19H18O5/c1-7-5-10(20)13-14-11(7)17(23)19(24)9(6-8(2)18(19,3)4)12(14)15(21)16(13)22/h5,8,23-24H,6H2,1-4H3. The van der Waals surface area contributed by atoms with Crippen LogP contribution in [0.25, 0.3) is 11.3 Å². The van der Waals surface area contributed by atoms with Crippen LogP contribution in [0.1, 0.15) is 32.8 Å². The van der Waals surface area contributed by atoms with Gasteiger partial charge in [-0.1, -0.05) is 20.8 Å². The average molecular weight is 326 g/mol. The number of aliphatic hydroxyl groups is 2. The van der Waals surface area contributed by atoms with Gasteiger partial charge in [-0.15, -0.1) is 0 Å². The number of hydrogen-bond acceptors (Lipinski definition) is 5. The number of aliphatic hydroxyl groups excluding tert-OH is 1. The Kier molecular flexibility index (Phi) is 2.57. The van der Waals surface area contributed by atoms with Crippen LogP contribution in [0.2, 0.25) is 0 Å². The van der Waals surface area contributed by atoms with E-state index in [1.165, 1.54) is 6.07 Å². The van der Waals surface area contributed by atoms with Crippen LogP contribution < -0.4 is 26.7 Å². The molecule has 0 aromatic rings. The fraction of sp³-hybridized carbons (Fsp3) is 0.421. The highest BCUT2D eigenvalue weighted by Gasteiger charge is 2.59. The molecule has 24 heavy (non-hydrogen) atoms. The lowest BCUT2D eigenvalue weighted by Gasteiger charge is -2.40. The third-order valence-corrected chi connectivity index (χ3v) is 6.39. The van der Waals surface area contributed by atoms with Crippen molar-refractivity contribution in [2.24, 2.45) is 11.3 Å². The van der Waals surface area contributed by atoms with Gasteiger partial charge >= 0.3 is 0 Å². The van der Waals surface area contributed by atoms with Gasteiger partial charge in [0.05, 0.1) is 5.22 Å². The molecule has 0 bridgehead atoms. The summed E-state index contributed by atoms with van der Waals surface area (Å²) < 4.78 is 0. The van der Waals surface area contributed by atoms with Crippen LogP contribution in [0.3, 0.4) is 0 Å². The molecular formula is C19H18O5. The molecule has 0 saturated heterocycles. The van der Waals surface area contributed by atoms with Crippen LogP contribution in [-0.4, -0.2) is 15.8 Å². The van der Waals surface area contributed by atoms with Gasteiger partial charge in [-0.2, -0.15) is 0 Å². The minimum atomic E-state index is -1.71. The van der Waals surface area contributed by atoms with Gasteiger partial charge in [-0.05, 0) is 36.5 Å². The summed E-state index contributed by atoms with van der Waals surface area (Å²) in [4.78, 5) is 37.2. The van der Waals surface area contributed by atoms with E-state index >= 15 is 0 Å². The second-order valence-corrected chi connectivity index (χ2v) is 7.71. The third kappa shape index (κ3) is 1.31. The van der Waals surface area contributed by atoms with Gasteiger partial charge in [0.2, 0.25) is 10.9 Å². The molecule has 2 atom stereocenters. The molecule has 0 radical (unpaired) electrons. The molecular weight excluding hydrogens is 308 g/mol. The molecule has 5 heteroatoms. The Balaban J connectivity index is 2.53. The Morgan fingerprint density at radius 2 is 1.62 bits per heavy atom. The molecule has 1 fully saturated rings. The molecule has 0 aliphatic heterocycles. The maximum atomic E-state index is 12.6. The van der Waals surface area contributed by atoms with E-state index in [2.05, 4.69) is 0 Å². The molecule has 0 amide bonds. The molecule has 0 aromatic carbocycles. The summed E-state index contributed by atoms with van der Waals surface area (Å²) in [7, 11) is 0. The van der Waals surface area contributed by atoms with E-state index in [1.807, 2.05) is 20.8 Å². The fourth-order valence-electron chi connectivity index (χ4n) is 4.56. The SMILES string of the molecule is Cc1cc(=O)c2c(=O)c(=O)c3c=2c1=C(O)C1(O)C=3CC(C)C1(C)C. The summed E-state index contributed by atoms with van der Waals surface area (Å²) in [6.45, 7) is 7.26. The quantitative estimate of drug-likeness (QED) is 0.625. The number of aryl methyl sites for hydroxylation is 1. The van der Waals surface area contributed by atoms with Crippen molar-refractivity contribution in [3.63, 3.8) is 0 Å². The van der Waals surface area contributed by atoms with Gasteiger partial charge in [-0.3, -0.25) is 14.4 Å². The van der Waals surface area contributed by atoms with Crippen molar-refractivity contribution in [2.75, 3.05) is 0 Å². The van der Waals surface area contributed by atoms with Crippen LogP contribution in [0.4, 0.5) is 0 Å². The first kappa shape index (κ1) is 15.3. The third-order valence-electron chi connectivity index (χ3n) is 6.39. The predicted molar refractivity (Wildman–Crippen MR) is 88.9 cm³/mol. The van der Waals surface area contributed by atoms with E-state index in [1.54, 1.807) is 6.92 Å². The zero-order valence-electron chi connectivity index (χ0n) is 14.0. The Bertz CT molecular complexity index is 1260. The van der Waals surface area contributed by atoms with E-state index < -0.39 is 27.3 Å². The van der Waals surface area contributed by atoms with Crippen molar-refractivity contribution < 1.29 is 10.2 Å². The summed E-state index contributed by atoms with van der Waals surface area (Å²) in [6.07, 6.45) is 0.392. The van der Waals surface area contributed by atoms with Gasteiger partial charge in [0.1, 0.15) is 11.4 Å². The monoisotopic (exact) mass is 326 g/mol. The first-order chi connectivity index (χ1) is 11.0. The maximum absolute atomic E-state index is 12.6. The van der Waals surface area contributed by atoms with Crippen LogP contribution in [0, 0.1) is 28.7 Å². The number of hydrogen-bond donors (Lipinski definition) is 2.